The van der Waals surface area contributed by atoms with Crippen molar-refractivity contribution in [1.82, 2.24) is 9.55 Å². The Bertz CT molecular complexity index is 798. The zero-order valence-corrected chi connectivity index (χ0v) is 13.9. The lowest BCUT2D eigenvalue weighted by Crippen LogP contribution is -2.00. The van der Waals surface area contributed by atoms with E-state index < -0.39 is 0 Å². The Hall–Kier alpha value is -0.740. The van der Waals surface area contributed by atoms with Gasteiger partial charge in [-0.05, 0) is 36.4 Å². The number of imidazole rings is 1. The maximum atomic E-state index is 6.29. The fourth-order valence-corrected chi connectivity index (χ4v) is 3.01. The molecule has 3 aromatic rings. The van der Waals surface area contributed by atoms with Gasteiger partial charge in [-0.1, -0.05) is 39.1 Å². The fraction of sp³-hybridized carbons (Fsp3) is 0.0714. The minimum atomic E-state index is 0.287. The summed E-state index contributed by atoms with van der Waals surface area (Å²) in [5, 5.41) is 1.21. The smallest absolute Gasteiger partial charge is 0.129 e. The quantitative estimate of drug-likeness (QED) is 0.503. The Labute approximate surface area is 139 Å². The molecule has 102 valence electrons. The number of fused-ring (bicyclic) bond motifs is 1. The van der Waals surface area contributed by atoms with Crippen molar-refractivity contribution in [1.29, 1.82) is 0 Å². The summed E-state index contributed by atoms with van der Waals surface area (Å²) in [6.45, 7) is 0. The average molecular weight is 390 g/mol. The number of aromatic nitrogens is 2. The third-order valence-electron chi connectivity index (χ3n) is 2.95. The van der Waals surface area contributed by atoms with Crippen LogP contribution in [0.5, 0.6) is 0 Å². The average Bonchev–Trinajstić information content (AvgIpc) is 2.79. The van der Waals surface area contributed by atoms with E-state index in [1.54, 1.807) is 12.1 Å². The van der Waals surface area contributed by atoms with Crippen LogP contribution in [0, 0.1) is 0 Å². The number of benzene rings is 2. The first-order valence-electron chi connectivity index (χ1n) is 5.78. The van der Waals surface area contributed by atoms with Crippen molar-refractivity contribution in [2.75, 3.05) is 0 Å². The van der Waals surface area contributed by atoms with E-state index in [-0.39, 0.29) is 5.88 Å². The molecule has 2 nitrogen and oxygen atoms in total. The zero-order valence-electron chi connectivity index (χ0n) is 10.1. The SMILES string of the molecule is ClCc1nc2ccc(Br)cc2n1-c1cc(Cl)ccc1Cl. The van der Waals surface area contributed by atoms with Crippen molar-refractivity contribution in [3.05, 3.63) is 56.7 Å². The summed E-state index contributed by atoms with van der Waals surface area (Å²) in [6.07, 6.45) is 0. The van der Waals surface area contributed by atoms with E-state index in [2.05, 4.69) is 20.9 Å². The molecule has 3 rings (SSSR count). The van der Waals surface area contributed by atoms with Gasteiger partial charge in [-0.3, -0.25) is 4.57 Å². The van der Waals surface area contributed by atoms with E-state index in [0.717, 1.165) is 27.0 Å². The predicted octanol–water partition coefficient (Wildman–Crippen LogP) is 5.83. The van der Waals surface area contributed by atoms with Crippen molar-refractivity contribution in [3.63, 3.8) is 0 Å². The summed E-state index contributed by atoms with van der Waals surface area (Å²) in [5.74, 6) is 1.01. The topological polar surface area (TPSA) is 17.8 Å². The molecule has 0 aliphatic rings. The van der Waals surface area contributed by atoms with Gasteiger partial charge < -0.3 is 0 Å². The van der Waals surface area contributed by atoms with E-state index in [1.165, 1.54) is 0 Å². The van der Waals surface area contributed by atoms with Gasteiger partial charge in [0.2, 0.25) is 0 Å². The Morgan fingerprint density at radius 1 is 1.10 bits per heavy atom. The first-order valence-corrected chi connectivity index (χ1v) is 7.87. The van der Waals surface area contributed by atoms with Gasteiger partial charge in [0.05, 0.1) is 27.6 Å². The summed E-state index contributed by atoms with van der Waals surface area (Å²) < 4.78 is 2.90. The molecular formula is C14H8BrCl3N2. The third kappa shape index (κ3) is 2.44. The standard InChI is InChI=1S/C14H8BrCl3N2/c15-8-1-4-11-13(5-8)20(14(7-16)19-11)12-6-9(17)2-3-10(12)18/h1-6H,7H2. The van der Waals surface area contributed by atoms with E-state index in [1.807, 2.05) is 28.8 Å². The first kappa shape index (κ1) is 14.2. The molecule has 0 N–H and O–H groups in total. The van der Waals surface area contributed by atoms with Crippen LogP contribution in [0.2, 0.25) is 10.0 Å². The molecule has 20 heavy (non-hydrogen) atoms. The number of alkyl halides is 1. The third-order valence-corrected chi connectivity index (χ3v) is 4.24. The van der Waals surface area contributed by atoms with Crippen LogP contribution in [0.4, 0.5) is 0 Å². The number of halogens is 4. The Balaban J connectivity index is 2.39. The molecule has 0 saturated carbocycles. The summed E-state index contributed by atoms with van der Waals surface area (Å²) in [4.78, 5) is 4.53. The van der Waals surface area contributed by atoms with Gasteiger partial charge in [-0.15, -0.1) is 11.6 Å². The molecule has 0 radical (unpaired) electrons. The van der Waals surface area contributed by atoms with Gasteiger partial charge in [-0.25, -0.2) is 4.98 Å². The summed E-state index contributed by atoms with van der Waals surface area (Å²) in [5.41, 5.74) is 2.56. The highest BCUT2D eigenvalue weighted by molar-refractivity contribution is 9.10. The van der Waals surface area contributed by atoms with E-state index in [9.17, 15) is 0 Å². The largest absolute Gasteiger partial charge is 0.294 e. The fourth-order valence-electron chi connectivity index (χ4n) is 2.11. The molecule has 0 saturated heterocycles. The predicted molar refractivity (Wildman–Crippen MR) is 88.3 cm³/mol. The number of rotatable bonds is 2. The summed E-state index contributed by atoms with van der Waals surface area (Å²) >= 11 is 21.9. The number of nitrogens with zero attached hydrogens (tertiary/aromatic N) is 2. The lowest BCUT2D eigenvalue weighted by molar-refractivity contribution is 0.982. The summed E-state index contributed by atoms with van der Waals surface area (Å²) in [6, 6.07) is 11.2. The van der Waals surface area contributed by atoms with Gasteiger partial charge in [0.1, 0.15) is 5.82 Å². The number of hydrogen-bond donors (Lipinski definition) is 0. The molecule has 0 unspecified atom stereocenters. The van der Waals surface area contributed by atoms with Crippen molar-refractivity contribution < 1.29 is 0 Å². The van der Waals surface area contributed by atoms with Crippen molar-refractivity contribution in [2.24, 2.45) is 0 Å². The van der Waals surface area contributed by atoms with Crippen LogP contribution in [0.3, 0.4) is 0 Å². The molecule has 0 atom stereocenters. The molecule has 6 heteroatoms. The normalized spacial score (nSPS) is 11.2. The van der Waals surface area contributed by atoms with Crippen LogP contribution in [-0.4, -0.2) is 9.55 Å². The van der Waals surface area contributed by atoms with Crippen LogP contribution in [0.15, 0.2) is 40.9 Å². The Morgan fingerprint density at radius 2 is 1.90 bits per heavy atom. The highest BCUT2D eigenvalue weighted by Crippen LogP contribution is 2.31. The Kier molecular flexibility index (Phi) is 3.95. The van der Waals surface area contributed by atoms with E-state index in [0.29, 0.717) is 10.0 Å². The highest BCUT2D eigenvalue weighted by Gasteiger charge is 2.14. The lowest BCUT2D eigenvalue weighted by Gasteiger charge is -2.10. The Morgan fingerprint density at radius 3 is 2.65 bits per heavy atom. The van der Waals surface area contributed by atoms with Crippen LogP contribution in [0.1, 0.15) is 5.82 Å². The van der Waals surface area contributed by atoms with Crippen LogP contribution < -0.4 is 0 Å². The first-order chi connectivity index (χ1) is 9.60. The maximum Gasteiger partial charge on any atom is 0.129 e. The van der Waals surface area contributed by atoms with Gasteiger partial charge in [0.15, 0.2) is 0 Å². The molecule has 0 aliphatic carbocycles. The van der Waals surface area contributed by atoms with Crippen molar-refractivity contribution in [2.45, 2.75) is 5.88 Å². The van der Waals surface area contributed by atoms with E-state index >= 15 is 0 Å². The number of hydrogen-bond acceptors (Lipinski definition) is 1. The van der Waals surface area contributed by atoms with Crippen LogP contribution in [0.25, 0.3) is 16.7 Å². The minimum absolute atomic E-state index is 0.287. The second-order valence-corrected chi connectivity index (χ2v) is 6.25. The molecule has 2 aromatic carbocycles. The van der Waals surface area contributed by atoms with Gasteiger partial charge in [0.25, 0.3) is 0 Å². The molecule has 0 amide bonds. The second kappa shape index (κ2) is 5.57. The molecule has 1 heterocycles. The monoisotopic (exact) mass is 388 g/mol. The molecular weight excluding hydrogens is 382 g/mol. The van der Waals surface area contributed by atoms with Gasteiger partial charge in [-0.2, -0.15) is 0 Å². The van der Waals surface area contributed by atoms with Gasteiger partial charge >= 0.3 is 0 Å². The van der Waals surface area contributed by atoms with Gasteiger partial charge in [0, 0.05) is 9.50 Å². The molecule has 0 bridgehead atoms. The molecule has 1 aromatic heterocycles. The highest BCUT2D eigenvalue weighted by atomic mass is 79.9. The minimum Gasteiger partial charge on any atom is -0.294 e. The zero-order chi connectivity index (χ0) is 14.3. The molecule has 0 fully saturated rings. The maximum absolute atomic E-state index is 6.29. The molecule has 0 aliphatic heterocycles. The van der Waals surface area contributed by atoms with Crippen LogP contribution >= 0.6 is 50.7 Å². The lowest BCUT2D eigenvalue weighted by atomic mass is 10.2. The van der Waals surface area contributed by atoms with Crippen molar-refractivity contribution >= 4 is 61.8 Å². The van der Waals surface area contributed by atoms with Crippen LogP contribution in [-0.2, 0) is 5.88 Å². The second-order valence-electron chi connectivity index (χ2n) is 4.23. The summed E-state index contributed by atoms with van der Waals surface area (Å²) in [7, 11) is 0. The van der Waals surface area contributed by atoms with E-state index in [4.69, 9.17) is 34.8 Å². The molecule has 0 spiro atoms. The van der Waals surface area contributed by atoms with Crippen molar-refractivity contribution in [3.8, 4) is 5.69 Å².